The zero-order valence-corrected chi connectivity index (χ0v) is 19.1. The Morgan fingerprint density at radius 2 is 1.52 bits per heavy atom. The molecule has 1 aromatic heterocycles. The fraction of sp³-hybridized carbons (Fsp3) is 0.263. The van der Waals surface area contributed by atoms with Gasteiger partial charge in [-0.15, -0.1) is 10.2 Å². The van der Waals surface area contributed by atoms with Gasteiger partial charge in [-0.1, -0.05) is 0 Å². The van der Waals surface area contributed by atoms with Gasteiger partial charge in [-0.25, -0.2) is 16.8 Å². The van der Waals surface area contributed by atoms with E-state index in [1.807, 2.05) is 7.05 Å². The average Bonchev–Trinajstić information content (AvgIpc) is 3.42. The molecule has 0 spiro atoms. The molecule has 0 aliphatic carbocycles. The van der Waals surface area contributed by atoms with Crippen molar-refractivity contribution in [1.29, 1.82) is 0 Å². The summed E-state index contributed by atoms with van der Waals surface area (Å²) in [6, 6.07) is 12.2. The summed E-state index contributed by atoms with van der Waals surface area (Å²) in [7, 11) is -5.60. The van der Waals surface area contributed by atoms with E-state index in [9.17, 15) is 16.8 Å². The van der Waals surface area contributed by atoms with E-state index in [4.69, 9.17) is 0 Å². The largest absolute Gasteiger partial charge is 0.311 e. The number of anilines is 1. The first-order valence-corrected chi connectivity index (χ1v) is 13.2. The van der Waals surface area contributed by atoms with Gasteiger partial charge in [-0.05, 0) is 73.1 Å². The molecule has 2 aromatic carbocycles. The van der Waals surface area contributed by atoms with E-state index in [1.54, 1.807) is 35.2 Å². The fourth-order valence-electron chi connectivity index (χ4n) is 3.14. The molecule has 31 heavy (non-hydrogen) atoms. The quantitative estimate of drug-likeness (QED) is 0.554. The van der Waals surface area contributed by atoms with Crippen LogP contribution in [0.15, 0.2) is 74.7 Å². The fourth-order valence-corrected chi connectivity index (χ4v) is 6.48. The molecule has 0 saturated carbocycles. The van der Waals surface area contributed by atoms with Crippen molar-refractivity contribution in [2.24, 2.45) is 7.05 Å². The van der Waals surface area contributed by atoms with Gasteiger partial charge in [0.15, 0.2) is 5.16 Å². The van der Waals surface area contributed by atoms with E-state index in [1.165, 1.54) is 40.3 Å². The molecule has 1 aliphatic heterocycles. The molecule has 164 valence electrons. The Labute approximate surface area is 185 Å². The lowest BCUT2D eigenvalue weighted by molar-refractivity contribution is 0.477. The molecule has 1 fully saturated rings. The van der Waals surface area contributed by atoms with Gasteiger partial charge >= 0.3 is 0 Å². The van der Waals surface area contributed by atoms with Crippen LogP contribution >= 0.6 is 11.8 Å². The zero-order valence-electron chi connectivity index (χ0n) is 16.7. The van der Waals surface area contributed by atoms with Crippen molar-refractivity contribution in [3.63, 3.8) is 0 Å². The van der Waals surface area contributed by atoms with Gasteiger partial charge in [-0.2, -0.15) is 4.31 Å². The summed E-state index contributed by atoms with van der Waals surface area (Å²) in [5, 5.41) is 8.54. The average molecular weight is 480 g/mol. The summed E-state index contributed by atoms with van der Waals surface area (Å²) < 4.78 is 56.3. The second-order valence-corrected chi connectivity index (χ2v) is 11.7. The van der Waals surface area contributed by atoms with Crippen LogP contribution in [0.5, 0.6) is 0 Å². The molecule has 1 saturated heterocycles. The Morgan fingerprint density at radius 3 is 2.10 bits per heavy atom. The summed E-state index contributed by atoms with van der Waals surface area (Å²) >= 11 is 1.41. The summed E-state index contributed by atoms with van der Waals surface area (Å²) in [6.45, 7) is 0.990. The molecule has 0 amide bonds. The summed E-state index contributed by atoms with van der Waals surface area (Å²) in [5.74, 6) is 0. The van der Waals surface area contributed by atoms with Gasteiger partial charge in [-0.3, -0.25) is 4.72 Å². The number of nitrogens with zero attached hydrogens (tertiary/aromatic N) is 4. The molecule has 9 nitrogen and oxygen atoms in total. The number of aromatic nitrogens is 3. The Bertz CT molecular complexity index is 1260. The van der Waals surface area contributed by atoms with Crippen LogP contribution in [0.1, 0.15) is 12.8 Å². The molecule has 2 heterocycles. The first kappa shape index (κ1) is 21.8. The van der Waals surface area contributed by atoms with Crippen LogP contribution in [-0.4, -0.2) is 49.0 Å². The van der Waals surface area contributed by atoms with Crippen molar-refractivity contribution in [3.05, 3.63) is 54.9 Å². The molecule has 0 atom stereocenters. The summed E-state index contributed by atoms with van der Waals surface area (Å²) in [5.41, 5.74) is 0.399. The normalized spacial score (nSPS) is 15.3. The van der Waals surface area contributed by atoms with E-state index >= 15 is 0 Å². The smallest absolute Gasteiger partial charge is 0.261 e. The SMILES string of the molecule is Cn1cnnc1Sc1ccc(NS(=O)(=O)c2ccc(S(=O)(=O)N3CCCC3)cc2)cc1. The van der Waals surface area contributed by atoms with Crippen LogP contribution in [0.25, 0.3) is 0 Å². The van der Waals surface area contributed by atoms with Crippen molar-refractivity contribution < 1.29 is 16.8 Å². The predicted molar refractivity (Wildman–Crippen MR) is 117 cm³/mol. The third kappa shape index (κ3) is 4.76. The molecule has 4 rings (SSSR count). The highest BCUT2D eigenvalue weighted by atomic mass is 32.2. The number of aryl methyl sites for hydroxylation is 1. The minimum absolute atomic E-state index is 0.00888. The van der Waals surface area contributed by atoms with E-state index in [-0.39, 0.29) is 9.79 Å². The standard InChI is InChI=1S/C19H21N5O4S3/c1-23-14-20-21-19(23)29-16-6-4-15(5-7-16)22-30(25,26)17-8-10-18(11-9-17)31(27,28)24-12-2-3-13-24/h4-11,14,22H,2-3,12-13H2,1H3. The Hall–Kier alpha value is -2.41. The lowest BCUT2D eigenvalue weighted by Crippen LogP contribution is -2.27. The van der Waals surface area contributed by atoms with Crippen LogP contribution in [0.4, 0.5) is 5.69 Å². The third-order valence-electron chi connectivity index (χ3n) is 4.82. The number of nitrogens with one attached hydrogen (secondary N) is 1. The van der Waals surface area contributed by atoms with Gasteiger partial charge < -0.3 is 4.57 Å². The zero-order chi connectivity index (χ0) is 22.1. The number of rotatable bonds is 7. The lowest BCUT2D eigenvalue weighted by Gasteiger charge is -2.15. The first-order chi connectivity index (χ1) is 14.8. The first-order valence-electron chi connectivity index (χ1n) is 9.51. The maximum atomic E-state index is 12.7. The Balaban J connectivity index is 1.46. The topological polar surface area (TPSA) is 114 Å². The van der Waals surface area contributed by atoms with E-state index in [0.29, 0.717) is 18.8 Å². The maximum absolute atomic E-state index is 12.7. The summed E-state index contributed by atoms with van der Waals surface area (Å²) in [6.07, 6.45) is 3.28. The van der Waals surface area contributed by atoms with Crippen molar-refractivity contribution in [2.45, 2.75) is 32.7 Å². The van der Waals surface area contributed by atoms with Crippen LogP contribution in [0.2, 0.25) is 0 Å². The Kier molecular flexibility index (Phi) is 6.06. The molecule has 12 heteroatoms. The van der Waals surface area contributed by atoms with Gasteiger partial charge in [0.1, 0.15) is 6.33 Å². The van der Waals surface area contributed by atoms with Crippen molar-refractivity contribution in [1.82, 2.24) is 19.1 Å². The van der Waals surface area contributed by atoms with Gasteiger partial charge in [0.05, 0.1) is 9.79 Å². The van der Waals surface area contributed by atoms with E-state index in [2.05, 4.69) is 14.9 Å². The second kappa shape index (κ2) is 8.61. The molecule has 0 radical (unpaired) electrons. The van der Waals surface area contributed by atoms with Gasteiger partial charge in [0.25, 0.3) is 10.0 Å². The van der Waals surface area contributed by atoms with E-state index in [0.717, 1.165) is 22.9 Å². The second-order valence-electron chi connectivity index (χ2n) is 7.04. The van der Waals surface area contributed by atoms with Crippen LogP contribution in [-0.2, 0) is 27.1 Å². The van der Waals surface area contributed by atoms with Crippen molar-refractivity contribution >= 4 is 37.5 Å². The summed E-state index contributed by atoms with van der Waals surface area (Å²) in [4.78, 5) is 0.972. The molecular weight excluding hydrogens is 458 g/mol. The molecular formula is C19H21N5O4S3. The van der Waals surface area contributed by atoms with Gasteiger partial charge in [0, 0.05) is 30.7 Å². The highest BCUT2D eigenvalue weighted by Gasteiger charge is 2.27. The monoisotopic (exact) mass is 479 g/mol. The van der Waals surface area contributed by atoms with Crippen LogP contribution < -0.4 is 4.72 Å². The van der Waals surface area contributed by atoms with E-state index < -0.39 is 20.0 Å². The molecule has 3 aromatic rings. The van der Waals surface area contributed by atoms with Crippen molar-refractivity contribution in [2.75, 3.05) is 17.8 Å². The number of hydrogen-bond acceptors (Lipinski definition) is 7. The predicted octanol–water partition coefficient (Wildman–Crippen LogP) is 2.55. The highest BCUT2D eigenvalue weighted by Crippen LogP contribution is 2.27. The lowest BCUT2D eigenvalue weighted by atomic mass is 10.3. The molecule has 0 unspecified atom stereocenters. The van der Waals surface area contributed by atoms with Crippen LogP contribution in [0.3, 0.4) is 0 Å². The molecule has 1 N–H and O–H groups in total. The highest BCUT2D eigenvalue weighted by molar-refractivity contribution is 7.99. The minimum atomic E-state index is -3.86. The number of hydrogen-bond donors (Lipinski definition) is 1. The van der Waals surface area contributed by atoms with Crippen LogP contribution in [0, 0.1) is 0 Å². The minimum Gasteiger partial charge on any atom is -0.311 e. The molecule has 1 aliphatic rings. The molecule has 0 bridgehead atoms. The third-order valence-corrected chi connectivity index (χ3v) is 9.19. The van der Waals surface area contributed by atoms with Gasteiger partial charge in [0.2, 0.25) is 10.0 Å². The Morgan fingerprint density at radius 1 is 0.903 bits per heavy atom. The maximum Gasteiger partial charge on any atom is 0.261 e. The number of benzene rings is 2. The number of sulfonamides is 2. The van der Waals surface area contributed by atoms with Crippen molar-refractivity contribution in [3.8, 4) is 0 Å².